The van der Waals surface area contributed by atoms with Gasteiger partial charge >= 0.3 is 0 Å². The fourth-order valence-corrected chi connectivity index (χ4v) is 5.78. The number of hydrogen-bond donors (Lipinski definition) is 2. The first-order valence-electron chi connectivity index (χ1n) is 9.74. The third kappa shape index (κ3) is 1.80. The molecule has 0 radical (unpaired) electrons. The molecule has 3 N–H and O–H groups in total. The minimum absolute atomic E-state index is 0.212. The lowest BCUT2D eigenvalue weighted by molar-refractivity contribution is 0.395. The molecule has 2 heteroatoms. The van der Waals surface area contributed by atoms with Crippen molar-refractivity contribution in [3.05, 3.63) is 82.9 Å². The molecule has 0 unspecified atom stereocenters. The Morgan fingerprint density at radius 2 is 1.30 bits per heavy atom. The molecule has 6 rings (SSSR count). The van der Waals surface area contributed by atoms with Gasteiger partial charge in [-0.15, -0.1) is 0 Å². The van der Waals surface area contributed by atoms with Gasteiger partial charge in [0, 0.05) is 16.7 Å². The van der Waals surface area contributed by atoms with Gasteiger partial charge in [0.15, 0.2) is 0 Å². The fraction of sp³-hybridized carbons (Fsp3) is 0.200. The number of fused-ring (bicyclic) bond motifs is 2. The van der Waals surface area contributed by atoms with Crippen LogP contribution in [0.5, 0.6) is 5.75 Å². The van der Waals surface area contributed by atoms with Gasteiger partial charge in [-0.25, -0.2) is 0 Å². The Morgan fingerprint density at radius 3 is 1.96 bits per heavy atom. The molecular formula is C25H21NO. The molecule has 4 aromatic carbocycles. The molecule has 0 amide bonds. The van der Waals surface area contributed by atoms with E-state index in [1.807, 2.05) is 18.2 Å². The van der Waals surface area contributed by atoms with Crippen LogP contribution < -0.4 is 5.73 Å². The number of benzene rings is 4. The van der Waals surface area contributed by atoms with Gasteiger partial charge < -0.3 is 10.8 Å². The Kier molecular flexibility index (Phi) is 2.82. The fourth-order valence-electron chi connectivity index (χ4n) is 5.78. The molecule has 132 valence electrons. The van der Waals surface area contributed by atoms with Gasteiger partial charge in [0.2, 0.25) is 0 Å². The van der Waals surface area contributed by atoms with E-state index in [0.29, 0.717) is 5.75 Å². The van der Waals surface area contributed by atoms with Crippen molar-refractivity contribution in [3.63, 3.8) is 0 Å². The van der Waals surface area contributed by atoms with Crippen LogP contribution in [-0.2, 0) is 18.3 Å². The second-order valence-corrected chi connectivity index (χ2v) is 8.10. The highest BCUT2D eigenvalue weighted by Crippen LogP contribution is 2.56. The molecule has 0 aromatic heterocycles. The Bertz CT molecular complexity index is 1160. The van der Waals surface area contributed by atoms with Crippen LogP contribution in [0, 0.1) is 0 Å². The number of nitrogen functional groups attached to an aromatic ring is 1. The number of aromatic hydroxyl groups is 1. The smallest absolute Gasteiger partial charge is 0.120 e. The van der Waals surface area contributed by atoms with Crippen molar-refractivity contribution >= 4 is 27.2 Å². The zero-order valence-electron chi connectivity index (χ0n) is 15.1. The van der Waals surface area contributed by atoms with Crippen molar-refractivity contribution < 1.29 is 5.11 Å². The predicted octanol–water partition coefficient (Wildman–Crippen LogP) is 5.46. The van der Waals surface area contributed by atoms with Gasteiger partial charge in [-0.3, -0.25) is 0 Å². The van der Waals surface area contributed by atoms with E-state index in [2.05, 4.69) is 42.5 Å². The number of phenolic OH excluding ortho intramolecular Hbond substituents is 1. The first-order chi connectivity index (χ1) is 13.2. The second-order valence-electron chi connectivity index (χ2n) is 8.10. The molecule has 0 aliphatic heterocycles. The van der Waals surface area contributed by atoms with E-state index < -0.39 is 0 Å². The summed E-state index contributed by atoms with van der Waals surface area (Å²) in [5.74, 6) is 0.408. The van der Waals surface area contributed by atoms with Crippen molar-refractivity contribution in [1.82, 2.24) is 0 Å². The van der Waals surface area contributed by atoms with Crippen LogP contribution in [0.25, 0.3) is 21.5 Å². The Morgan fingerprint density at radius 1 is 0.704 bits per heavy atom. The summed E-state index contributed by atoms with van der Waals surface area (Å²) in [5, 5.41) is 16.0. The lowest BCUT2D eigenvalue weighted by Crippen LogP contribution is -2.35. The maximum Gasteiger partial charge on any atom is 0.120 e. The van der Waals surface area contributed by atoms with E-state index in [9.17, 15) is 5.11 Å². The highest BCUT2D eigenvalue weighted by atomic mass is 16.3. The second kappa shape index (κ2) is 5.04. The van der Waals surface area contributed by atoms with E-state index in [0.717, 1.165) is 36.9 Å². The first kappa shape index (κ1) is 15.1. The lowest BCUT2D eigenvalue weighted by atomic mass is 9.59. The van der Waals surface area contributed by atoms with E-state index in [4.69, 9.17) is 5.73 Å². The Hall–Kier alpha value is -3.00. The molecule has 0 bridgehead atoms. The number of rotatable bonds is 0. The minimum atomic E-state index is -0.212. The van der Waals surface area contributed by atoms with Crippen molar-refractivity contribution in [2.24, 2.45) is 0 Å². The van der Waals surface area contributed by atoms with Crippen LogP contribution in [0.3, 0.4) is 0 Å². The van der Waals surface area contributed by atoms with Crippen LogP contribution in [-0.4, -0.2) is 5.11 Å². The highest BCUT2D eigenvalue weighted by Gasteiger charge is 2.44. The Labute approximate surface area is 158 Å². The zero-order valence-corrected chi connectivity index (χ0v) is 15.1. The molecule has 0 saturated heterocycles. The largest absolute Gasteiger partial charge is 0.508 e. The van der Waals surface area contributed by atoms with Crippen molar-refractivity contribution in [2.45, 2.75) is 31.1 Å². The summed E-state index contributed by atoms with van der Waals surface area (Å²) in [6, 6.07) is 21.1. The number of nitrogens with two attached hydrogens (primary N) is 1. The van der Waals surface area contributed by atoms with E-state index in [1.165, 1.54) is 38.2 Å². The van der Waals surface area contributed by atoms with Gasteiger partial charge in [-0.05, 0) is 76.1 Å². The summed E-state index contributed by atoms with van der Waals surface area (Å²) < 4.78 is 0. The summed E-state index contributed by atoms with van der Waals surface area (Å²) in [7, 11) is 0. The molecular weight excluding hydrogens is 330 g/mol. The molecule has 2 nitrogen and oxygen atoms in total. The maximum absolute atomic E-state index is 11.0. The number of aryl methyl sites for hydroxylation is 2. The van der Waals surface area contributed by atoms with Gasteiger partial charge in [-0.2, -0.15) is 0 Å². The molecule has 1 atom stereocenters. The van der Waals surface area contributed by atoms with E-state index in [-0.39, 0.29) is 5.41 Å². The number of hydrogen-bond acceptors (Lipinski definition) is 2. The van der Waals surface area contributed by atoms with Crippen LogP contribution >= 0.6 is 0 Å². The quantitative estimate of drug-likeness (QED) is 0.413. The van der Waals surface area contributed by atoms with Gasteiger partial charge in [0.25, 0.3) is 0 Å². The Balaban J connectivity index is 1.81. The summed E-state index contributed by atoms with van der Waals surface area (Å²) in [6.07, 6.45) is 4.03. The van der Waals surface area contributed by atoms with Crippen LogP contribution in [0.2, 0.25) is 0 Å². The topological polar surface area (TPSA) is 46.2 Å². The molecule has 2 aliphatic carbocycles. The molecule has 0 saturated carbocycles. The zero-order chi connectivity index (χ0) is 18.2. The predicted molar refractivity (Wildman–Crippen MR) is 111 cm³/mol. The molecule has 27 heavy (non-hydrogen) atoms. The lowest BCUT2D eigenvalue weighted by Gasteiger charge is -2.44. The standard InChI is InChI=1S/C25H21NO/c26-19-9-7-15-3-1-5-17-11-13-25(23(19)21(15)17)14-12-18-6-2-4-16-8-10-20(27)24(25)22(16)18/h1-10,27H,11-14,26H2/t25-/m0/s1. The maximum atomic E-state index is 11.0. The third-order valence-electron chi connectivity index (χ3n) is 6.87. The van der Waals surface area contributed by atoms with Crippen molar-refractivity contribution in [3.8, 4) is 5.75 Å². The minimum Gasteiger partial charge on any atom is -0.508 e. The monoisotopic (exact) mass is 351 g/mol. The molecule has 1 spiro atoms. The van der Waals surface area contributed by atoms with Crippen LogP contribution in [0.1, 0.15) is 35.1 Å². The molecule has 0 heterocycles. The van der Waals surface area contributed by atoms with Crippen molar-refractivity contribution in [1.29, 1.82) is 0 Å². The summed E-state index contributed by atoms with van der Waals surface area (Å²) in [4.78, 5) is 0. The first-order valence-corrected chi connectivity index (χ1v) is 9.74. The summed E-state index contributed by atoms with van der Waals surface area (Å²) in [6.45, 7) is 0. The van der Waals surface area contributed by atoms with E-state index in [1.54, 1.807) is 0 Å². The van der Waals surface area contributed by atoms with Crippen LogP contribution in [0.4, 0.5) is 5.69 Å². The van der Waals surface area contributed by atoms with Gasteiger partial charge in [0.1, 0.15) is 5.75 Å². The van der Waals surface area contributed by atoms with Crippen LogP contribution in [0.15, 0.2) is 60.7 Å². The number of anilines is 1. The average Bonchev–Trinajstić information content (AvgIpc) is 2.70. The highest BCUT2D eigenvalue weighted by molar-refractivity contribution is 5.99. The van der Waals surface area contributed by atoms with Gasteiger partial charge in [-0.1, -0.05) is 48.5 Å². The summed E-state index contributed by atoms with van der Waals surface area (Å²) in [5.41, 5.74) is 12.3. The molecule has 0 fully saturated rings. The third-order valence-corrected chi connectivity index (χ3v) is 6.87. The molecule has 4 aromatic rings. The van der Waals surface area contributed by atoms with E-state index >= 15 is 0 Å². The summed E-state index contributed by atoms with van der Waals surface area (Å²) >= 11 is 0. The van der Waals surface area contributed by atoms with Crippen molar-refractivity contribution in [2.75, 3.05) is 5.73 Å². The number of phenols is 1. The normalized spacial score (nSPS) is 20.4. The molecule has 2 aliphatic rings. The van der Waals surface area contributed by atoms with Gasteiger partial charge in [0.05, 0.1) is 0 Å². The SMILES string of the molecule is Nc1ccc2cccc3c2c1[C@]1(CC3)CCc2cccc3ccc(O)c1c23. The average molecular weight is 351 g/mol.